The number of carboxylic acid groups (broad SMARTS) is 1. The molecule has 0 fully saturated rings. The van der Waals surface area contributed by atoms with E-state index in [1.807, 2.05) is 0 Å². The van der Waals surface area contributed by atoms with Crippen LogP contribution in [0.2, 0.25) is 0 Å². The van der Waals surface area contributed by atoms with E-state index in [-0.39, 0.29) is 19.1 Å². The number of nitrogens with zero attached hydrogens (tertiary/aromatic N) is 1. The van der Waals surface area contributed by atoms with E-state index in [9.17, 15) is 9.18 Å². The fraction of sp³-hybridized carbons (Fsp3) is 0.455. The number of aromatic carboxylic acids is 1. The summed E-state index contributed by atoms with van der Waals surface area (Å²) < 4.78 is 28.4. The van der Waals surface area contributed by atoms with Gasteiger partial charge in [0.1, 0.15) is 12.2 Å². The summed E-state index contributed by atoms with van der Waals surface area (Å²) in [6.07, 6.45) is 1.17. The maximum Gasteiger partial charge on any atom is 0.338 e. The van der Waals surface area contributed by atoms with Crippen LogP contribution in [-0.4, -0.2) is 49.6 Å². The average Bonchev–Trinajstić information content (AvgIpc) is 2.35. The third-order valence-electron chi connectivity index (χ3n) is 1.99. The molecule has 0 atom stereocenters. The Kier molecular flexibility index (Phi) is 6.03. The van der Waals surface area contributed by atoms with Gasteiger partial charge < -0.3 is 19.3 Å². The summed E-state index contributed by atoms with van der Waals surface area (Å²) >= 11 is 0. The zero-order chi connectivity index (χ0) is 13.4. The average molecular weight is 259 g/mol. The molecule has 0 aliphatic heterocycles. The molecule has 6 nitrogen and oxygen atoms in total. The summed E-state index contributed by atoms with van der Waals surface area (Å²) in [7, 11) is 1.55. The van der Waals surface area contributed by atoms with Gasteiger partial charge in [-0.15, -0.1) is 0 Å². The van der Waals surface area contributed by atoms with E-state index in [0.29, 0.717) is 13.2 Å². The first-order valence-corrected chi connectivity index (χ1v) is 5.24. The van der Waals surface area contributed by atoms with Crippen molar-refractivity contribution in [1.82, 2.24) is 4.98 Å². The number of halogens is 1. The van der Waals surface area contributed by atoms with Crippen LogP contribution in [0.25, 0.3) is 0 Å². The molecule has 1 aromatic rings. The number of hydrogen-bond acceptors (Lipinski definition) is 5. The molecule has 0 amide bonds. The third-order valence-corrected chi connectivity index (χ3v) is 1.99. The summed E-state index contributed by atoms with van der Waals surface area (Å²) in [6, 6.07) is 1.07. The van der Waals surface area contributed by atoms with Gasteiger partial charge in [-0.1, -0.05) is 0 Å². The lowest BCUT2D eigenvalue weighted by Crippen LogP contribution is -2.12. The Balaban J connectivity index is 2.43. The highest BCUT2D eigenvalue weighted by Crippen LogP contribution is 2.16. The lowest BCUT2D eigenvalue weighted by molar-refractivity contribution is 0.0527. The smallest absolute Gasteiger partial charge is 0.338 e. The maximum absolute atomic E-state index is 13.5. The topological polar surface area (TPSA) is 77.9 Å². The first-order chi connectivity index (χ1) is 8.66. The molecule has 7 heteroatoms. The van der Waals surface area contributed by atoms with E-state index < -0.39 is 17.3 Å². The van der Waals surface area contributed by atoms with Crippen molar-refractivity contribution in [1.29, 1.82) is 0 Å². The van der Waals surface area contributed by atoms with Crippen LogP contribution in [0.5, 0.6) is 5.88 Å². The van der Waals surface area contributed by atoms with Gasteiger partial charge in [-0.25, -0.2) is 14.2 Å². The van der Waals surface area contributed by atoms with Crippen molar-refractivity contribution in [3.05, 3.63) is 23.6 Å². The Hall–Kier alpha value is -1.73. The molecule has 0 bridgehead atoms. The molecule has 1 heterocycles. The molecule has 0 unspecified atom stereocenters. The lowest BCUT2D eigenvalue weighted by atomic mass is 10.2. The van der Waals surface area contributed by atoms with Gasteiger partial charge in [0.2, 0.25) is 0 Å². The van der Waals surface area contributed by atoms with Gasteiger partial charge in [-0.3, -0.25) is 0 Å². The van der Waals surface area contributed by atoms with Crippen LogP contribution in [0.4, 0.5) is 4.39 Å². The number of ether oxygens (including phenoxy) is 3. The molecule has 1 N–H and O–H groups in total. The highest BCUT2D eigenvalue weighted by Gasteiger charge is 2.15. The van der Waals surface area contributed by atoms with Crippen molar-refractivity contribution < 1.29 is 28.5 Å². The number of pyridine rings is 1. The van der Waals surface area contributed by atoms with Gasteiger partial charge in [0, 0.05) is 13.3 Å². The number of carboxylic acids is 1. The molecule has 18 heavy (non-hydrogen) atoms. The fourth-order valence-corrected chi connectivity index (χ4v) is 1.13. The Morgan fingerprint density at radius 2 is 2.11 bits per heavy atom. The largest absolute Gasteiger partial charge is 0.478 e. The molecule has 1 rings (SSSR count). The minimum absolute atomic E-state index is 0.0801. The number of aromatic nitrogens is 1. The Morgan fingerprint density at radius 1 is 1.39 bits per heavy atom. The molecule has 0 saturated heterocycles. The van der Waals surface area contributed by atoms with Crippen molar-refractivity contribution in [2.45, 2.75) is 0 Å². The summed E-state index contributed by atoms with van der Waals surface area (Å²) in [5, 5.41) is 8.70. The maximum atomic E-state index is 13.5. The first kappa shape index (κ1) is 14.3. The second-order valence-electron chi connectivity index (χ2n) is 3.24. The molecule has 1 aromatic heterocycles. The quantitative estimate of drug-likeness (QED) is 0.701. The number of hydrogen-bond donors (Lipinski definition) is 1. The third kappa shape index (κ3) is 4.27. The lowest BCUT2D eigenvalue weighted by Gasteiger charge is -2.07. The van der Waals surface area contributed by atoms with Crippen LogP contribution < -0.4 is 4.74 Å². The van der Waals surface area contributed by atoms with E-state index in [0.717, 1.165) is 6.07 Å². The van der Waals surface area contributed by atoms with E-state index in [2.05, 4.69) is 4.98 Å². The zero-order valence-electron chi connectivity index (χ0n) is 9.89. The van der Waals surface area contributed by atoms with Gasteiger partial charge in [0.15, 0.2) is 5.82 Å². The molecule has 100 valence electrons. The van der Waals surface area contributed by atoms with Crippen LogP contribution >= 0.6 is 0 Å². The monoisotopic (exact) mass is 259 g/mol. The highest BCUT2D eigenvalue weighted by atomic mass is 19.1. The summed E-state index contributed by atoms with van der Waals surface area (Å²) in [5.41, 5.74) is -0.472. The molecular weight excluding hydrogens is 245 g/mol. The van der Waals surface area contributed by atoms with Crippen molar-refractivity contribution in [2.75, 3.05) is 33.5 Å². The van der Waals surface area contributed by atoms with Crippen molar-refractivity contribution >= 4 is 5.97 Å². The molecule has 0 aliphatic rings. The van der Waals surface area contributed by atoms with Crippen molar-refractivity contribution in [3.8, 4) is 5.88 Å². The fourth-order valence-electron chi connectivity index (χ4n) is 1.13. The van der Waals surface area contributed by atoms with Crippen LogP contribution in [0.3, 0.4) is 0 Å². The van der Waals surface area contributed by atoms with Gasteiger partial charge in [-0.2, -0.15) is 0 Å². The van der Waals surface area contributed by atoms with Crippen molar-refractivity contribution in [2.24, 2.45) is 0 Å². The van der Waals surface area contributed by atoms with Crippen LogP contribution in [-0.2, 0) is 9.47 Å². The van der Waals surface area contributed by atoms with Crippen LogP contribution in [0.15, 0.2) is 12.3 Å². The molecule has 0 radical (unpaired) electrons. The normalized spacial score (nSPS) is 10.3. The van der Waals surface area contributed by atoms with Crippen molar-refractivity contribution in [3.63, 3.8) is 0 Å². The van der Waals surface area contributed by atoms with Crippen LogP contribution in [0, 0.1) is 5.82 Å². The molecule has 0 spiro atoms. The Morgan fingerprint density at radius 3 is 2.78 bits per heavy atom. The zero-order valence-corrected chi connectivity index (χ0v) is 9.89. The molecule has 0 aliphatic carbocycles. The van der Waals surface area contributed by atoms with E-state index in [1.54, 1.807) is 7.11 Å². The highest BCUT2D eigenvalue weighted by molar-refractivity contribution is 5.88. The molecule has 0 saturated carbocycles. The van der Waals surface area contributed by atoms with Gasteiger partial charge >= 0.3 is 5.97 Å². The number of carbonyl (C=O) groups is 1. The Labute approximate surface area is 103 Å². The van der Waals surface area contributed by atoms with Gasteiger partial charge in [0.05, 0.1) is 19.8 Å². The van der Waals surface area contributed by atoms with Crippen LogP contribution in [0.1, 0.15) is 10.4 Å². The number of methoxy groups -OCH3 is 1. The Bertz CT molecular complexity index is 399. The van der Waals surface area contributed by atoms with E-state index in [4.69, 9.17) is 19.3 Å². The summed E-state index contributed by atoms with van der Waals surface area (Å²) in [5.74, 6) is -2.69. The second kappa shape index (κ2) is 7.57. The minimum Gasteiger partial charge on any atom is -0.478 e. The van der Waals surface area contributed by atoms with E-state index in [1.165, 1.54) is 6.20 Å². The van der Waals surface area contributed by atoms with E-state index >= 15 is 0 Å². The summed E-state index contributed by atoms with van der Waals surface area (Å²) in [6.45, 7) is 1.19. The standard InChI is InChI=1S/C11H14FNO5/c1-16-4-5-17-6-7-18-10-9(12)8(11(14)15)2-3-13-10/h2-3H,4-7H2,1H3,(H,14,15). The SMILES string of the molecule is COCCOCCOc1nccc(C(=O)O)c1F. The number of rotatable bonds is 8. The predicted octanol–water partition coefficient (Wildman–Crippen LogP) is 0.961. The second-order valence-corrected chi connectivity index (χ2v) is 3.24. The molecular formula is C11H14FNO5. The molecule has 0 aromatic carbocycles. The van der Waals surface area contributed by atoms with Gasteiger partial charge in [0.25, 0.3) is 5.88 Å². The predicted molar refractivity (Wildman–Crippen MR) is 59.3 cm³/mol. The summed E-state index contributed by atoms with van der Waals surface area (Å²) in [4.78, 5) is 14.3. The minimum atomic E-state index is -1.36. The first-order valence-electron chi connectivity index (χ1n) is 5.24. The van der Waals surface area contributed by atoms with Gasteiger partial charge in [-0.05, 0) is 6.07 Å².